The summed E-state index contributed by atoms with van der Waals surface area (Å²) in [6.45, 7) is 1.63. The van der Waals surface area contributed by atoms with Gasteiger partial charge in [0.1, 0.15) is 11.6 Å². The van der Waals surface area contributed by atoms with Crippen LogP contribution >= 0.6 is 0 Å². The van der Waals surface area contributed by atoms with Crippen LogP contribution < -0.4 is 5.32 Å². The van der Waals surface area contributed by atoms with Gasteiger partial charge in [0, 0.05) is 5.57 Å². The van der Waals surface area contributed by atoms with E-state index in [1.54, 1.807) is 13.0 Å². The second kappa shape index (κ2) is 5.98. The van der Waals surface area contributed by atoms with Crippen molar-refractivity contribution in [2.45, 2.75) is 6.92 Å². The standard InChI is InChI=1S/C22H14N2O2/c1-13-18(21(25)24-22(26)20(13)12-23)11-19-16-8-4-2-6-14(16)10-15-7-3-5-9-17(15)19/h2-11H,1H3,(H,24,25,26)/b18-11+. The third-order valence-corrected chi connectivity index (χ3v) is 4.69. The van der Waals surface area contributed by atoms with E-state index in [0.717, 1.165) is 27.1 Å². The van der Waals surface area contributed by atoms with Crippen LogP contribution in [0.1, 0.15) is 12.5 Å². The van der Waals surface area contributed by atoms with Crippen molar-refractivity contribution in [1.29, 1.82) is 5.26 Å². The number of nitrogens with one attached hydrogen (secondary N) is 1. The summed E-state index contributed by atoms with van der Waals surface area (Å²) >= 11 is 0. The molecule has 1 heterocycles. The molecule has 0 radical (unpaired) electrons. The van der Waals surface area contributed by atoms with Crippen molar-refractivity contribution >= 4 is 39.4 Å². The molecule has 0 bridgehead atoms. The van der Waals surface area contributed by atoms with E-state index >= 15 is 0 Å². The molecule has 3 aromatic carbocycles. The Morgan fingerprint density at radius 1 is 0.923 bits per heavy atom. The number of carbonyl (C=O) groups is 2. The Morgan fingerprint density at radius 2 is 1.50 bits per heavy atom. The summed E-state index contributed by atoms with van der Waals surface area (Å²) in [4.78, 5) is 24.2. The number of fused-ring (bicyclic) bond motifs is 2. The Morgan fingerprint density at radius 3 is 2.08 bits per heavy atom. The predicted octanol–water partition coefficient (Wildman–Crippen LogP) is 3.87. The molecule has 124 valence electrons. The maximum atomic E-state index is 12.4. The molecule has 0 atom stereocenters. The fourth-order valence-electron chi connectivity index (χ4n) is 3.37. The zero-order valence-corrected chi connectivity index (χ0v) is 14.0. The zero-order chi connectivity index (χ0) is 18.3. The summed E-state index contributed by atoms with van der Waals surface area (Å²) in [7, 11) is 0. The molecule has 0 saturated carbocycles. The molecule has 1 aliphatic rings. The maximum absolute atomic E-state index is 12.4. The van der Waals surface area contributed by atoms with Crippen LogP contribution in [0.15, 0.2) is 71.3 Å². The van der Waals surface area contributed by atoms with Crippen LogP contribution in [0.3, 0.4) is 0 Å². The van der Waals surface area contributed by atoms with E-state index in [4.69, 9.17) is 0 Å². The highest BCUT2D eigenvalue weighted by Gasteiger charge is 2.27. The molecule has 1 aliphatic heterocycles. The molecule has 0 aromatic heterocycles. The van der Waals surface area contributed by atoms with Crippen molar-refractivity contribution in [3.8, 4) is 6.07 Å². The van der Waals surface area contributed by atoms with E-state index < -0.39 is 11.8 Å². The first-order valence-electron chi connectivity index (χ1n) is 8.19. The molecule has 4 rings (SSSR count). The molecule has 0 saturated heterocycles. The Balaban J connectivity index is 2.09. The average molecular weight is 338 g/mol. The van der Waals surface area contributed by atoms with Gasteiger partial charge >= 0.3 is 0 Å². The van der Waals surface area contributed by atoms with E-state index in [0.29, 0.717) is 11.1 Å². The molecule has 0 spiro atoms. The summed E-state index contributed by atoms with van der Waals surface area (Å²) in [6.07, 6.45) is 1.78. The van der Waals surface area contributed by atoms with Crippen LogP contribution in [0.2, 0.25) is 0 Å². The second-order valence-electron chi connectivity index (χ2n) is 6.19. The van der Waals surface area contributed by atoms with Gasteiger partial charge in [-0.05, 0) is 51.7 Å². The van der Waals surface area contributed by atoms with Crippen molar-refractivity contribution in [2.24, 2.45) is 0 Å². The lowest BCUT2D eigenvalue weighted by Crippen LogP contribution is -2.37. The zero-order valence-electron chi connectivity index (χ0n) is 14.0. The molecule has 3 aromatic rings. The van der Waals surface area contributed by atoms with Crippen LogP contribution in [0, 0.1) is 11.3 Å². The van der Waals surface area contributed by atoms with Crippen molar-refractivity contribution < 1.29 is 9.59 Å². The molecule has 2 amide bonds. The van der Waals surface area contributed by atoms with Gasteiger partial charge in [0.25, 0.3) is 11.8 Å². The van der Waals surface area contributed by atoms with Gasteiger partial charge < -0.3 is 0 Å². The number of hydrogen-bond donors (Lipinski definition) is 1. The van der Waals surface area contributed by atoms with Gasteiger partial charge in [-0.2, -0.15) is 5.26 Å². The van der Waals surface area contributed by atoms with Crippen molar-refractivity contribution in [3.63, 3.8) is 0 Å². The molecule has 1 N–H and O–H groups in total. The van der Waals surface area contributed by atoms with Gasteiger partial charge in [-0.1, -0.05) is 48.5 Å². The summed E-state index contributed by atoms with van der Waals surface area (Å²) in [6, 6.07) is 19.9. The van der Waals surface area contributed by atoms with E-state index in [2.05, 4.69) is 11.4 Å². The van der Waals surface area contributed by atoms with E-state index in [1.165, 1.54) is 0 Å². The Labute approximate surface area is 150 Å². The first kappa shape index (κ1) is 15.8. The van der Waals surface area contributed by atoms with Crippen LogP contribution in [0.5, 0.6) is 0 Å². The van der Waals surface area contributed by atoms with Gasteiger partial charge in [0.2, 0.25) is 0 Å². The third kappa shape index (κ3) is 2.38. The van der Waals surface area contributed by atoms with Gasteiger partial charge in [-0.15, -0.1) is 0 Å². The number of amides is 2. The lowest BCUT2D eigenvalue weighted by molar-refractivity contribution is -0.126. The largest absolute Gasteiger partial charge is 0.288 e. The summed E-state index contributed by atoms with van der Waals surface area (Å²) in [5, 5.41) is 15.6. The summed E-state index contributed by atoms with van der Waals surface area (Å²) in [5.41, 5.74) is 1.61. The Bertz CT molecular complexity index is 1160. The lowest BCUT2D eigenvalue weighted by Gasteiger charge is -2.17. The highest BCUT2D eigenvalue weighted by molar-refractivity contribution is 6.21. The minimum Gasteiger partial charge on any atom is -0.288 e. The number of nitrogens with zero attached hydrogens (tertiary/aromatic N) is 1. The maximum Gasteiger partial charge on any atom is 0.269 e. The highest BCUT2D eigenvalue weighted by atomic mass is 16.2. The highest BCUT2D eigenvalue weighted by Crippen LogP contribution is 2.32. The third-order valence-electron chi connectivity index (χ3n) is 4.69. The van der Waals surface area contributed by atoms with Crippen molar-refractivity contribution in [1.82, 2.24) is 5.32 Å². The van der Waals surface area contributed by atoms with Crippen LogP contribution in [-0.4, -0.2) is 11.8 Å². The number of hydrogen-bond acceptors (Lipinski definition) is 3. The fourth-order valence-corrected chi connectivity index (χ4v) is 3.37. The molecule has 0 aliphatic carbocycles. The number of nitriles is 1. The number of carbonyl (C=O) groups excluding carboxylic acids is 2. The summed E-state index contributed by atoms with van der Waals surface area (Å²) < 4.78 is 0. The van der Waals surface area contributed by atoms with Gasteiger partial charge in [0.15, 0.2) is 0 Å². The molecule has 4 heteroatoms. The number of rotatable bonds is 1. The quantitative estimate of drug-likeness (QED) is 0.416. The van der Waals surface area contributed by atoms with Crippen LogP contribution in [0.4, 0.5) is 0 Å². The van der Waals surface area contributed by atoms with Crippen molar-refractivity contribution in [3.05, 3.63) is 76.9 Å². The predicted molar refractivity (Wildman–Crippen MR) is 101 cm³/mol. The topological polar surface area (TPSA) is 70.0 Å². The first-order valence-corrected chi connectivity index (χ1v) is 8.19. The monoisotopic (exact) mass is 338 g/mol. The van der Waals surface area contributed by atoms with Crippen LogP contribution in [0.25, 0.3) is 27.6 Å². The number of imide groups is 1. The normalized spacial score (nSPS) is 16.2. The molecule has 0 fully saturated rings. The van der Waals surface area contributed by atoms with Crippen molar-refractivity contribution in [2.75, 3.05) is 0 Å². The van der Waals surface area contributed by atoms with Gasteiger partial charge in [-0.25, -0.2) is 0 Å². The molecule has 0 unspecified atom stereocenters. The minimum atomic E-state index is -0.644. The van der Waals surface area contributed by atoms with E-state index in [1.807, 2.05) is 54.6 Å². The lowest BCUT2D eigenvalue weighted by atomic mass is 9.91. The minimum absolute atomic E-state index is 0.0274. The second-order valence-corrected chi connectivity index (χ2v) is 6.19. The first-order chi connectivity index (χ1) is 12.6. The van der Waals surface area contributed by atoms with E-state index in [9.17, 15) is 14.9 Å². The van der Waals surface area contributed by atoms with E-state index in [-0.39, 0.29) is 5.57 Å². The van der Waals surface area contributed by atoms with Gasteiger partial charge in [0.05, 0.1) is 0 Å². The molecular weight excluding hydrogens is 324 g/mol. The SMILES string of the molecule is CC1=C(C#N)C(=O)NC(=O)/C1=C/c1c2ccccc2cc2ccccc12. The molecule has 4 nitrogen and oxygen atoms in total. The molecule has 26 heavy (non-hydrogen) atoms. The Kier molecular flexibility index (Phi) is 3.63. The molecular formula is C22H14N2O2. The summed E-state index contributed by atoms with van der Waals surface area (Å²) in [5.74, 6) is -1.13. The fraction of sp³-hybridized carbons (Fsp3) is 0.0455. The smallest absolute Gasteiger partial charge is 0.269 e. The average Bonchev–Trinajstić information content (AvgIpc) is 2.64. The van der Waals surface area contributed by atoms with Crippen LogP contribution in [-0.2, 0) is 9.59 Å². The van der Waals surface area contributed by atoms with Gasteiger partial charge in [-0.3, -0.25) is 14.9 Å². The number of benzene rings is 3. The Hall–Kier alpha value is -3.71.